The van der Waals surface area contributed by atoms with Crippen molar-refractivity contribution in [2.45, 2.75) is 19.9 Å². The highest BCUT2D eigenvalue weighted by Gasteiger charge is 2.29. The first kappa shape index (κ1) is 12.9. The van der Waals surface area contributed by atoms with Crippen LogP contribution >= 0.6 is 0 Å². The van der Waals surface area contributed by atoms with Crippen LogP contribution in [0.1, 0.15) is 24.2 Å². The summed E-state index contributed by atoms with van der Waals surface area (Å²) in [6.45, 7) is 7.01. The third-order valence-electron chi connectivity index (χ3n) is 3.22. The Morgan fingerprint density at radius 2 is 2.11 bits per heavy atom. The van der Waals surface area contributed by atoms with Crippen molar-refractivity contribution in [3.8, 4) is 5.75 Å². The molecule has 0 radical (unpaired) electrons. The van der Waals surface area contributed by atoms with Crippen molar-refractivity contribution >= 4 is 5.91 Å². The van der Waals surface area contributed by atoms with Crippen LogP contribution < -0.4 is 10.1 Å². The minimum absolute atomic E-state index is 0.0630. The first-order valence-electron chi connectivity index (χ1n) is 6.51. The Kier molecular flexibility index (Phi) is 4.20. The number of hydrogen-bond donors (Lipinski definition) is 1. The van der Waals surface area contributed by atoms with Gasteiger partial charge in [0.05, 0.1) is 18.2 Å². The average Bonchev–Trinajstić information content (AvgIpc) is 2.34. The predicted molar refractivity (Wildman–Crippen MR) is 71.0 cm³/mol. The van der Waals surface area contributed by atoms with Gasteiger partial charge in [0.15, 0.2) is 0 Å². The maximum absolute atomic E-state index is 12.5. The van der Waals surface area contributed by atoms with Gasteiger partial charge in [0.2, 0.25) is 0 Å². The number of nitrogens with zero attached hydrogens (tertiary/aromatic N) is 1. The second-order valence-corrected chi connectivity index (χ2v) is 4.33. The third-order valence-corrected chi connectivity index (χ3v) is 3.22. The number of rotatable bonds is 5. The van der Waals surface area contributed by atoms with Gasteiger partial charge in [0, 0.05) is 19.6 Å². The monoisotopic (exact) mass is 248 g/mol. The summed E-state index contributed by atoms with van der Waals surface area (Å²) in [6.07, 6.45) is 0. The molecule has 1 fully saturated rings. The van der Waals surface area contributed by atoms with E-state index in [9.17, 15) is 4.79 Å². The van der Waals surface area contributed by atoms with E-state index in [0.29, 0.717) is 24.0 Å². The van der Waals surface area contributed by atoms with Crippen LogP contribution in [0.15, 0.2) is 24.3 Å². The Hall–Kier alpha value is -1.55. The molecular formula is C14H20N2O2. The van der Waals surface area contributed by atoms with Gasteiger partial charge in [-0.1, -0.05) is 12.1 Å². The molecule has 0 spiro atoms. The maximum atomic E-state index is 12.5. The lowest BCUT2D eigenvalue weighted by Crippen LogP contribution is -2.58. The Morgan fingerprint density at radius 1 is 1.39 bits per heavy atom. The van der Waals surface area contributed by atoms with Crippen molar-refractivity contribution in [2.24, 2.45) is 0 Å². The highest BCUT2D eigenvalue weighted by atomic mass is 16.5. The summed E-state index contributed by atoms with van der Waals surface area (Å²) in [6, 6.07) is 7.77. The molecule has 0 aliphatic carbocycles. The molecule has 4 nitrogen and oxygen atoms in total. The molecule has 0 saturated carbocycles. The van der Waals surface area contributed by atoms with Gasteiger partial charge in [-0.2, -0.15) is 0 Å². The number of para-hydroxylation sites is 1. The molecule has 1 saturated heterocycles. The minimum atomic E-state index is 0.0630. The molecule has 0 aromatic heterocycles. The summed E-state index contributed by atoms with van der Waals surface area (Å²) in [7, 11) is 0. The van der Waals surface area contributed by atoms with Crippen LogP contribution in [-0.2, 0) is 0 Å². The highest BCUT2D eigenvalue weighted by Crippen LogP contribution is 2.21. The molecule has 0 unspecified atom stereocenters. The summed E-state index contributed by atoms with van der Waals surface area (Å²) >= 11 is 0. The molecule has 2 rings (SSSR count). The number of ether oxygens (including phenoxy) is 1. The number of amides is 1. The van der Waals surface area contributed by atoms with Crippen LogP contribution in [-0.4, -0.2) is 43.1 Å². The fourth-order valence-electron chi connectivity index (χ4n) is 2.14. The van der Waals surface area contributed by atoms with Crippen molar-refractivity contribution in [3.05, 3.63) is 29.8 Å². The van der Waals surface area contributed by atoms with E-state index in [1.165, 1.54) is 0 Å². The van der Waals surface area contributed by atoms with Crippen molar-refractivity contribution in [3.63, 3.8) is 0 Å². The smallest absolute Gasteiger partial charge is 0.257 e. The maximum Gasteiger partial charge on any atom is 0.257 e. The van der Waals surface area contributed by atoms with Gasteiger partial charge in [0.1, 0.15) is 5.75 Å². The molecule has 1 aliphatic rings. The lowest BCUT2D eigenvalue weighted by molar-refractivity contribution is 0.0626. The molecular weight excluding hydrogens is 228 g/mol. The van der Waals surface area contributed by atoms with E-state index in [1.54, 1.807) is 0 Å². The third kappa shape index (κ3) is 2.48. The summed E-state index contributed by atoms with van der Waals surface area (Å²) in [5, 5.41) is 3.20. The van der Waals surface area contributed by atoms with Gasteiger partial charge < -0.3 is 15.0 Å². The van der Waals surface area contributed by atoms with Crippen molar-refractivity contribution < 1.29 is 9.53 Å². The normalized spacial score (nSPS) is 15.0. The first-order chi connectivity index (χ1) is 8.77. The molecule has 1 aliphatic heterocycles. The molecule has 1 heterocycles. The summed E-state index contributed by atoms with van der Waals surface area (Å²) in [5.41, 5.74) is 0.660. The number of nitrogens with one attached hydrogen (secondary N) is 1. The summed E-state index contributed by atoms with van der Waals surface area (Å²) < 4.78 is 5.52. The molecule has 0 atom stereocenters. The van der Waals surface area contributed by atoms with E-state index in [0.717, 1.165) is 19.6 Å². The first-order valence-corrected chi connectivity index (χ1v) is 6.51. The van der Waals surface area contributed by atoms with Crippen LogP contribution in [0.2, 0.25) is 0 Å². The molecule has 18 heavy (non-hydrogen) atoms. The second-order valence-electron chi connectivity index (χ2n) is 4.33. The second kappa shape index (κ2) is 5.87. The highest BCUT2D eigenvalue weighted by molar-refractivity contribution is 5.97. The number of carbonyl (C=O) groups excluding carboxylic acids is 1. The molecule has 98 valence electrons. The Balaban J connectivity index is 2.20. The summed E-state index contributed by atoms with van der Waals surface area (Å²) in [5.74, 6) is 0.740. The zero-order valence-corrected chi connectivity index (χ0v) is 11.0. The van der Waals surface area contributed by atoms with Gasteiger partial charge in [-0.3, -0.25) is 4.79 Å². The quantitative estimate of drug-likeness (QED) is 0.859. The van der Waals surface area contributed by atoms with Crippen molar-refractivity contribution in [2.75, 3.05) is 26.2 Å². The van der Waals surface area contributed by atoms with Crippen LogP contribution in [0.4, 0.5) is 0 Å². The fourth-order valence-corrected chi connectivity index (χ4v) is 2.14. The van der Waals surface area contributed by atoms with Gasteiger partial charge in [0.25, 0.3) is 5.91 Å². The zero-order valence-electron chi connectivity index (χ0n) is 11.0. The van der Waals surface area contributed by atoms with Gasteiger partial charge >= 0.3 is 0 Å². The van der Waals surface area contributed by atoms with E-state index in [4.69, 9.17) is 4.74 Å². The Labute approximate surface area is 108 Å². The topological polar surface area (TPSA) is 41.6 Å². The molecule has 0 bridgehead atoms. The molecule has 4 heteroatoms. The van der Waals surface area contributed by atoms with Crippen molar-refractivity contribution in [1.29, 1.82) is 0 Å². The zero-order chi connectivity index (χ0) is 13.0. The van der Waals surface area contributed by atoms with Crippen LogP contribution in [0, 0.1) is 0 Å². The minimum Gasteiger partial charge on any atom is -0.493 e. The largest absolute Gasteiger partial charge is 0.493 e. The van der Waals surface area contributed by atoms with Crippen LogP contribution in [0.5, 0.6) is 5.75 Å². The lowest BCUT2D eigenvalue weighted by Gasteiger charge is -2.37. The fraction of sp³-hybridized carbons (Fsp3) is 0.500. The number of carbonyl (C=O) groups is 1. The van der Waals surface area contributed by atoms with Crippen molar-refractivity contribution in [1.82, 2.24) is 10.2 Å². The Morgan fingerprint density at radius 3 is 2.67 bits per heavy atom. The Bertz CT molecular complexity index is 416. The lowest BCUT2D eigenvalue weighted by atomic mass is 10.1. The average molecular weight is 248 g/mol. The van der Waals surface area contributed by atoms with E-state index < -0.39 is 0 Å². The SMILES string of the molecule is CCOc1ccccc1C(=O)N(CC)C1CNC1. The van der Waals surface area contributed by atoms with Crippen LogP contribution in [0.3, 0.4) is 0 Å². The van der Waals surface area contributed by atoms with E-state index in [1.807, 2.05) is 43.0 Å². The van der Waals surface area contributed by atoms with Crippen LogP contribution in [0.25, 0.3) is 0 Å². The molecule has 1 amide bonds. The van der Waals surface area contributed by atoms with E-state index in [-0.39, 0.29) is 5.91 Å². The van der Waals surface area contributed by atoms with E-state index >= 15 is 0 Å². The predicted octanol–water partition coefficient (Wildman–Crippen LogP) is 1.52. The number of likely N-dealkylation sites (N-methyl/N-ethyl adjacent to an activating group) is 1. The van der Waals surface area contributed by atoms with Gasteiger partial charge in [-0.25, -0.2) is 0 Å². The number of benzene rings is 1. The summed E-state index contributed by atoms with van der Waals surface area (Å²) in [4.78, 5) is 14.4. The van der Waals surface area contributed by atoms with E-state index in [2.05, 4.69) is 5.32 Å². The van der Waals surface area contributed by atoms with Gasteiger partial charge in [-0.15, -0.1) is 0 Å². The molecule has 1 N–H and O–H groups in total. The standard InChI is InChI=1S/C14H20N2O2/c1-3-16(11-9-15-10-11)14(17)12-7-5-6-8-13(12)18-4-2/h5-8,11,15H,3-4,9-10H2,1-2H3. The molecule has 1 aromatic carbocycles. The van der Waals surface area contributed by atoms with Gasteiger partial charge in [-0.05, 0) is 26.0 Å². The number of hydrogen-bond acceptors (Lipinski definition) is 3. The molecule has 1 aromatic rings.